The molecule has 0 atom stereocenters. The van der Waals surface area contributed by atoms with Crippen LogP contribution in [0.3, 0.4) is 0 Å². The van der Waals surface area contributed by atoms with E-state index in [-0.39, 0.29) is 42.3 Å². The summed E-state index contributed by atoms with van der Waals surface area (Å²) >= 11 is 0. The van der Waals surface area contributed by atoms with E-state index in [1.165, 1.54) is 11.3 Å². The number of halogens is 1. The molecule has 2 amide bonds. The zero-order valence-corrected chi connectivity index (χ0v) is 19.4. The highest BCUT2D eigenvalue weighted by atomic mass is 127. The van der Waals surface area contributed by atoms with Crippen molar-refractivity contribution < 1.29 is 9.59 Å². The van der Waals surface area contributed by atoms with Crippen molar-refractivity contribution in [3.63, 3.8) is 0 Å². The minimum Gasteiger partial charge on any atom is -0.357 e. The van der Waals surface area contributed by atoms with Crippen LogP contribution in [-0.4, -0.2) is 67.8 Å². The van der Waals surface area contributed by atoms with E-state index in [2.05, 4.69) is 15.6 Å². The Morgan fingerprint density at radius 2 is 1.71 bits per heavy atom. The smallest absolute Gasteiger partial charge is 0.253 e. The fourth-order valence-electron chi connectivity index (χ4n) is 2.86. The quantitative estimate of drug-likeness (QED) is 0.356. The molecule has 0 aromatic heterocycles. The summed E-state index contributed by atoms with van der Waals surface area (Å²) in [5, 5.41) is 6.16. The molecular formula is C20H32IN5O2. The molecule has 0 unspecified atom stereocenters. The van der Waals surface area contributed by atoms with Crippen LogP contribution in [-0.2, 0) is 11.3 Å². The number of carbonyl (C=O) groups is 2. The number of hydrogen-bond acceptors (Lipinski definition) is 3. The number of likely N-dealkylation sites (tertiary alicyclic amines) is 1. The van der Waals surface area contributed by atoms with Crippen molar-refractivity contribution in [1.29, 1.82) is 0 Å². The number of guanidine groups is 1. The zero-order chi connectivity index (χ0) is 19.6. The van der Waals surface area contributed by atoms with Crippen LogP contribution < -0.4 is 10.6 Å². The van der Waals surface area contributed by atoms with E-state index in [0.717, 1.165) is 37.1 Å². The van der Waals surface area contributed by atoms with Crippen molar-refractivity contribution in [3.8, 4) is 0 Å². The maximum absolute atomic E-state index is 12.5. The number of piperidine rings is 1. The standard InChI is InChI=1S/C20H31N5O2.HI/c1-4-21-20(23-15-18(26)24(2)3)22-14-16-8-10-17(11-9-16)19(27)25-12-6-5-7-13-25;/h8-11H,4-7,12-15H2,1-3H3,(H2,21,22,23);1H. The second-order valence-electron chi connectivity index (χ2n) is 6.89. The highest BCUT2D eigenvalue weighted by Crippen LogP contribution is 2.14. The van der Waals surface area contributed by atoms with Gasteiger partial charge < -0.3 is 20.4 Å². The normalized spacial score (nSPS) is 14.1. The summed E-state index contributed by atoms with van der Waals surface area (Å²) in [6.45, 7) is 5.07. The Hall–Kier alpha value is -1.84. The molecule has 8 heteroatoms. The first-order chi connectivity index (χ1) is 13.0. The molecule has 0 spiro atoms. The van der Waals surface area contributed by atoms with Gasteiger partial charge in [0.1, 0.15) is 0 Å². The van der Waals surface area contributed by atoms with E-state index >= 15 is 0 Å². The largest absolute Gasteiger partial charge is 0.357 e. The Morgan fingerprint density at radius 1 is 1.07 bits per heavy atom. The van der Waals surface area contributed by atoms with E-state index in [1.54, 1.807) is 14.1 Å². The Labute approximate surface area is 185 Å². The predicted octanol–water partition coefficient (Wildman–Crippen LogP) is 2.07. The van der Waals surface area contributed by atoms with Gasteiger partial charge in [-0.25, -0.2) is 4.99 Å². The third-order valence-corrected chi connectivity index (χ3v) is 4.51. The molecule has 1 aromatic carbocycles. The molecule has 0 bridgehead atoms. The SMILES string of the molecule is CCNC(=NCc1ccc(C(=O)N2CCCCC2)cc1)NCC(=O)N(C)C.I. The molecule has 0 saturated carbocycles. The number of amides is 2. The summed E-state index contributed by atoms with van der Waals surface area (Å²) in [4.78, 5) is 32.2. The fourth-order valence-corrected chi connectivity index (χ4v) is 2.86. The van der Waals surface area contributed by atoms with E-state index in [9.17, 15) is 9.59 Å². The molecule has 1 aromatic rings. The molecule has 2 rings (SSSR count). The number of nitrogens with zero attached hydrogens (tertiary/aromatic N) is 3. The van der Waals surface area contributed by atoms with Gasteiger partial charge in [-0.3, -0.25) is 9.59 Å². The van der Waals surface area contributed by atoms with Crippen LogP contribution in [0.1, 0.15) is 42.1 Å². The Kier molecular flexibility index (Phi) is 10.9. The minimum atomic E-state index is -0.0128. The topological polar surface area (TPSA) is 77.0 Å². The van der Waals surface area contributed by atoms with Crippen molar-refractivity contribution in [2.24, 2.45) is 4.99 Å². The minimum absolute atomic E-state index is 0. The van der Waals surface area contributed by atoms with Gasteiger partial charge in [0, 0.05) is 39.3 Å². The van der Waals surface area contributed by atoms with Gasteiger partial charge in [0.05, 0.1) is 13.1 Å². The van der Waals surface area contributed by atoms with Crippen molar-refractivity contribution >= 4 is 41.8 Å². The molecule has 1 aliphatic heterocycles. The summed E-state index contributed by atoms with van der Waals surface area (Å²) in [7, 11) is 3.45. The molecule has 1 heterocycles. The van der Waals surface area contributed by atoms with Crippen LogP contribution in [0.15, 0.2) is 29.3 Å². The third kappa shape index (κ3) is 7.65. The molecule has 1 saturated heterocycles. The van der Waals surface area contributed by atoms with Gasteiger partial charge in [-0.1, -0.05) is 12.1 Å². The van der Waals surface area contributed by atoms with Crippen molar-refractivity contribution in [1.82, 2.24) is 20.4 Å². The fraction of sp³-hybridized carbons (Fsp3) is 0.550. The zero-order valence-electron chi connectivity index (χ0n) is 17.0. The van der Waals surface area contributed by atoms with Gasteiger partial charge in [0.2, 0.25) is 5.91 Å². The highest BCUT2D eigenvalue weighted by molar-refractivity contribution is 14.0. The summed E-state index contributed by atoms with van der Waals surface area (Å²) in [5.74, 6) is 0.698. The molecule has 0 aliphatic carbocycles. The lowest BCUT2D eigenvalue weighted by atomic mass is 10.1. The Bertz CT molecular complexity index is 655. The summed E-state index contributed by atoms with van der Waals surface area (Å²) in [5.41, 5.74) is 1.74. The molecule has 0 radical (unpaired) electrons. The molecule has 2 N–H and O–H groups in total. The first kappa shape index (κ1) is 24.2. The average Bonchev–Trinajstić information content (AvgIpc) is 2.70. The van der Waals surface area contributed by atoms with E-state index < -0.39 is 0 Å². The maximum atomic E-state index is 12.5. The number of benzene rings is 1. The lowest BCUT2D eigenvalue weighted by molar-refractivity contribution is -0.127. The second kappa shape index (κ2) is 12.6. The van der Waals surface area contributed by atoms with Crippen LogP contribution in [0.4, 0.5) is 0 Å². The van der Waals surface area contributed by atoms with Gasteiger partial charge in [-0.2, -0.15) is 0 Å². The summed E-state index contributed by atoms with van der Waals surface area (Å²) < 4.78 is 0. The number of aliphatic imine (C=N–C) groups is 1. The van der Waals surface area contributed by atoms with E-state index in [4.69, 9.17) is 0 Å². The van der Waals surface area contributed by atoms with Crippen LogP contribution in [0, 0.1) is 0 Å². The van der Waals surface area contributed by atoms with Crippen molar-refractivity contribution in [3.05, 3.63) is 35.4 Å². The summed E-state index contributed by atoms with van der Waals surface area (Å²) in [6.07, 6.45) is 3.40. The highest BCUT2D eigenvalue weighted by Gasteiger charge is 2.17. The van der Waals surface area contributed by atoms with E-state index in [0.29, 0.717) is 19.0 Å². The molecule has 28 heavy (non-hydrogen) atoms. The van der Waals surface area contributed by atoms with Gasteiger partial charge in [-0.05, 0) is 43.9 Å². The molecular weight excluding hydrogens is 469 g/mol. The Balaban J connectivity index is 0.00000392. The predicted molar refractivity (Wildman–Crippen MR) is 123 cm³/mol. The van der Waals surface area contributed by atoms with E-state index in [1.807, 2.05) is 36.1 Å². The average molecular weight is 501 g/mol. The molecule has 156 valence electrons. The van der Waals surface area contributed by atoms with Gasteiger partial charge >= 0.3 is 0 Å². The van der Waals surface area contributed by atoms with Crippen molar-refractivity contribution in [2.75, 3.05) is 40.3 Å². The lowest BCUT2D eigenvalue weighted by Crippen LogP contribution is -2.42. The van der Waals surface area contributed by atoms with Crippen molar-refractivity contribution in [2.45, 2.75) is 32.7 Å². The number of rotatable bonds is 6. The molecule has 7 nitrogen and oxygen atoms in total. The molecule has 1 fully saturated rings. The first-order valence-corrected chi connectivity index (χ1v) is 9.61. The lowest BCUT2D eigenvalue weighted by Gasteiger charge is -2.26. The number of carbonyl (C=O) groups excluding carboxylic acids is 2. The molecule has 1 aliphatic rings. The summed E-state index contributed by atoms with van der Waals surface area (Å²) in [6, 6.07) is 7.62. The third-order valence-electron chi connectivity index (χ3n) is 4.51. The number of likely N-dealkylation sites (N-methyl/N-ethyl adjacent to an activating group) is 1. The second-order valence-corrected chi connectivity index (χ2v) is 6.89. The van der Waals surface area contributed by atoms with Crippen LogP contribution in [0.25, 0.3) is 0 Å². The number of hydrogen-bond donors (Lipinski definition) is 2. The Morgan fingerprint density at radius 3 is 2.29 bits per heavy atom. The number of nitrogens with one attached hydrogen (secondary N) is 2. The van der Waals surface area contributed by atoms with Crippen LogP contribution >= 0.6 is 24.0 Å². The van der Waals surface area contributed by atoms with Gasteiger partial charge in [-0.15, -0.1) is 24.0 Å². The van der Waals surface area contributed by atoms with Gasteiger partial charge in [0.25, 0.3) is 5.91 Å². The monoisotopic (exact) mass is 501 g/mol. The van der Waals surface area contributed by atoms with Crippen LogP contribution in [0.2, 0.25) is 0 Å². The maximum Gasteiger partial charge on any atom is 0.253 e. The first-order valence-electron chi connectivity index (χ1n) is 9.61. The van der Waals surface area contributed by atoms with Crippen LogP contribution in [0.5, 0.6) is 0 Å². The van der Waals surface area contributed by atoms with Gasteiger partial charge in [0.15, 0.2) is 5.96 Å².